The van der Waals surface area contributed by atoms with E-state index in [0.29, 0.717) is 0 Å². The molecular formula is C13H13FINS. The van der Waals surface area contributed by atoms with Crippen LogP contribution in [0.25, 0.3) is 0 Å². The number of hydrogen-bond acceptors (Lipinski definition) is 2. The summed E-state index contributed by atoms with van der Waals surface area (Å²) in [5, 5.41) is 3.33. The van der Waals surface area contributed by atoms with Crippen molar-refractivity contribution < 1.29 is 4.39 Å². The summed E-state index contributed by atoms with van der Waals surface area (Å²) >= 11 is 3.96. The molecule has 0 aliphatic rings. The highest BCUT2D eigenvalue weighted by molar-refractivity contribution is 14.1. The maximum Gasteiger partial charge on any atom is 0.124 e. The summed E-state index contributed by atoms with van der Waals surface area (Å²) in [6.45, 7) is 2.96. The Hall–Kier alpha value is -0.620. The summed E-state index contributed by atoms with van der Waals surface area (Å²) in [6, 6.07) is 9.11. The van der Waals surface area contributed by atoms with Gasteiger partial charge < -0.3 is 5.32 Å². The zero-order valence-corrected chi connectivity index (χ0v) is 12.4. The van der Waals surface area contributed by atoms with E-state index >= 15 is 0 Å². The Morgan fingerprint density at radius 1 is 1.24 bits per heavy atom. The van der Waals surface area contributed by atoms with Gasteiger partial charge in [0.2, 0.25) is 0 Å². The lowest BCUT2D eigenvalue weighted by atomic mass is 10.3. The van der Waals surface area contributed by atoms with E-state index in [1.165, 1.54) is 21.9 Å². The smallest absolute Gasteiger partial charge is 0.124 e. The molecule has 0 spiro atoms. The fourth-order valence-electron chi connectivity index (χ4n) is 1.52. The Labute approximate surface area is 118 Å². The van der Waals surface area contributed by atoms with E-state index < -0.39 is 0 Å². The number of hydrogen-bond donors (Lipinski definition) is 1. The number of rotatable bonds is 4. The predicted octanol–water partition coefficient (Wildman–Crippen LogP) is 4.67. The third-order valence-electron chi connectivity index (χ3n) is 2.45. The van der Waals surface area contributed by atoms with E-state index in [4.69, 9.17) is 0 Å². The molecule has 0 bridgehead atoms. The molecule has 0 amide bonds. The van der Waals surface area contributed by atoms with Crippen LogP contribution in [0.4, 0.5) is 10.1 Å². The van der Waals surface area contributed by atoms with Crippen LogP contribution < -0.4 is 5.32 Å². The average Bonchev–Trinajstić information content (AvgIpc) is 2.76. The van der Waals surface area contributed by atoms with Crippen molar-refractivity contribution in [2.45, 2.75) is 19.9 Å². The first-order valence-corrected chi connectivity index (χ1v) is 7.35. The maximum absolute atomic E-state index is 12.9. The molecule has 17 heavy (non-hydrogen) atoms. The minimum Gasteiger partial charge on any atom is -0.379 e. The Kier molecular flexibility index (Phi) is 4.39. The molecule has 0 fully saturated rings. The fraction of sp³-hybridized carbons (Fsp3) is 0.231. The van der Waals surface area contributed by atoms with E-state index in [0.717, 1.165) is 22.2 Å². The Balaban J connectivity index is 2.02. The van der Waals surface area contributed by atoms with Crippen molar-refractivity contribution in [2.24, 2.45) is 0 Å². The molecule has 0 saturated heterocycles. The second kappa shape index (κ2) is 5.82. The van der Waals surface area contributed by atoms with Crippen molar-refractivity contribution in [3.8, 4) is 0 Å². The SMILES string of the molecule is CCc1ccc(CNc2ccc(F)cc2I)s1. The topological polar surface area (TPSA) is 12.0 Å². The van der Waals surface area contributed by atoms with Gasteiger partial charge in [-0.1, -0.05) is 6.92 Å². The molecule has 0 radical (unpaired) electrons. The fourth-order valence-corrected chi connectivity index (χ4v) is 3.09. The summed E-state index contributed by atoms with van der Waals surface area (Å²) in [7, 11) is 0. The standard InChI is InChI=1S/C13H13FINS/c1-2-10-4-5-11(17-10)8-16-13-6-3-9(14)7-12(13)15/h3-7,16H,2,8H2,1H3. The molecule has 0 atom stereocenters. The van der Waals surface area contributed by atoms with Crippen molar-refractivity contribution in [1.29, 1.82) is 0 Å². The average molecular weight is 361 g/mol. The van der Waals surface area contributed by atoms with Crippen LogP contribution in [-0.2, 0) is 13.0 Å². The Morgan fingerprint density at radius 3 is 2.65 bits per heavy atom. The van der Waals surface area contributed by atoms with E-state index in [2.05, 4.69) is 47.0 Å². The van der Waals surface area contributed by atoms with E-state index in [-0.39, 0.29) is 5.82 Å². The minimum absolute atomic E-state index is 0.190. The van der Waals surface area contributed by atoms with Crippen molar-refractivity contribution in [2.75, 3.05) is 5.32 Å². The highest BCUT2D eigenvalue weighted by atomic mass is 127. The zero-order chi connectivity index (χ0) is 12.3. The van der Waals surface area contributed by atoms with Crippen LogP contribution in [0.1, 0.15) is 16.7 Å². The first-order valence-electron chi connectivity index (χ1n) is 5.45. The third kappa shape index (κ3) is 3.42. The summed E-state index contributed by atoms with van der Waals surface area (Å²) in [4.78, 5) is 2.71. The van der Waals surface area contributed by atoms with Gasteiger partial charge in [-0.3, -0.25) is 0 Å². The number of benzene rings is 1. The molecule has 1 N–H and O–H groups in total. The van der Waals surface area contributed by atoms with Crippen molar-refractivity contribution in [3.63, 3.8) is 0 Å². The number of aryl methyl sites for hydroxylation is 1. The number of halogens is 2. The zero-order valence-electron chi connectivity index (χ0n) is 9.47. The molecule has 1 aromatic heterocycles. The van der Waals surface area contributed by atoms with Crippen molar-refractivity contribution >= 4 is 39.6 Å². The molecule has 90 valence electrons. The quantitative estimate of drug-likeness (QED) is 0.781. The maximum atomic E-state index is 12.9. The lowest BCUT2D eigenvalue weighted by Crippen LogP contribution is -1.99. The van der Waals surface area contributed by atoms with Crippen LogP contribution in [-0.4, -0.2) is 0 Å². The van der Waals surface area contributed by atoms with E-state index in [1.54, 1.807) is 6.07 Å². The molecule has 0 aliphatic carbocycles. The lowest BCUT2D eigenvalue weighted by Gasteiger charge is -2.07. The van der Waals surface area contributed by atoms with Gasteiger partial charge in [0, 0.05) is 25.6 Å². The molecule has 2 rings (SSSR count). The largest absolute Gasteiger partial charge is 0.379 e. The molecule has 1 nitrogen and oxygen atoms in total. The molecule has 1 aromatic carbocycles. The van der Waals surface area contributed by atoms with Gasteiger partial charge in [-0.2, -0.15) is 0 Å². The Bertz CT molecular complexity index is 510. The third-order valence-corrected chi connectivity index (χ3v) is 4.57. The highest BCUT2D eigenvalue weighted by Gasteiger charge is 2.02. The normalized spacial score (nSPS) is 10.5. The van der Waals surface area contributed by atoms with Crippen LogP contribution in [0.2, 0.25) is 0 Å². The first-order chi connectivity index (χ1) is 8.19. The number of nitrogens with one attached hydrogen (secondary N) is 1. The second-order valence-electron chi connectivity index (χ2n) is 3.70. The minimum atomic E-state index is -0.190. The highest BCUT2D eigenvalue weighted by Crippen LogP contribution is 2.22. The van der Waals surface area contributed by atoms with Gasteiger partial charge in [-0.15, -0.1) is 11.3 Å². The van der Waals surface area contributed by atoms with Crippen LogP contribution in [0, 0.1) is 9.39 Å². The van der Waals surface area contributed by atoms with E-state index in [9.17, 15) is 4.39 Å². The predicted molar refractivity (Wildman–Crippen MR) is 80.1 cm³/mol. The first kappa shape index (κ1) is 12.8. The van der Waals surface area contributed by atoms with Crippen LogP contribution in [0.5, 0.6) is 0 Å². The van der Waals surface area contributed by atoms with E-state index in [1.807, 2.05) is 11.3 Å². The molecule has 0 aliphatic heterocycles. The summed E-state index contributed by atoms with van der Waals surface area (Å²) in [5.41, 5.74) is 0.985. The molecule has 1 heterocycles. The number of anilines is 1. The van der Waals surface area contributed by atoms with Crippen LogP contribution in [0.15, 0.2) is 30.3 Å². The van der Waals surface area contributed by atoms with Gasteiger partial charge in [0.15, 0.2) is 0 Å². The van der Waals surface area contributed by atoms with Gasteiger partial charge >= 0.3 is 0 Å². The lowest BCUT2D eigenvalue weighted by molar-refractivity contribution is 0.627. The van der Waals surface area contributed by atoms with Gasteiger partial charge in [-0.05, 0) is 59.3 Å². The second-order valence-corrected chi connectivity index (χ2v) is 6.11. The Morgan fingerprint density at radius 2 is 2.00 bits per heavy atom. The summed E-state index contributed by atoms with van der Waals surface area (Å²) < 4.78 is 13.8. The van der Waals surface area contributed by atoms with Crippen LogP contribution in [0.3, 0.4) is 0 Å². The van der Waals surface area contributed by atoms with Gasteiger partial charge in [0.05, 0.1) is 0 Å². The molecular weight excluding hydrogens is 348 g/mol. The summed E-state index contributed by atoms with van der Waals surface area (Å²) in [5.74, 6) is -0.190. The molecule has 0 unspecified atom stereocenters. The van der Waals surface area contributed by atoms with Gasteiger partial charge in [0.25, 0.3) is 0 Å². The summed E-state index contributed by atoms with van der Waals surface area (Å²) in [6.07, 6.45) is 1.08. The van der Waals surface area contributed by atoms with Crippen molar-refractivity contribution in [3.05, 3.63) is 49.5 Å². The molecule has 4 heteroatoms. The molecule has 0 saturated carbocycles. The molecule has 2 aromatic rings. The number of thiophene rings is 1. The van der Waals surface area contributed by atoms with Crippen LogP contribution >= 0.6 is 33.9 Å². The monoisotopic (exact) mass is 361 g/mol. The van der Waals surface area contributed by atoms with Gasteiger partial charge in [0.1, 0.15) is 5.82 Å². The van der Waals surface area contributed by atoms with Crippen molar-refractivity contribution in [1.82, 2.24) is 0 Å². The van der Waals surface area contributed by atoms with Gasteiger partial charge in [-0.25, -0.2) is 4.39 Å².